The van der Waals surface area contributed by atoms with Gasteiger partial charge in [-0.2, -0.15) is 0 Å². The summed E-state index contributed by atoms with van der Waals surface area (Å²) in [5, 5.41) is 7.06. The Kier molecular flexibility index (Phi) is 4.26. The molecular formula is C20H23N3O3. The average molecular weight is 353 g/mol. The fourth-order valence-corrected chi connectivity index (χ4v) is 4.31. The lowest BCUT2D eigenvalue weighted by atomic mass is 9.89. The van der Waals surface area contributed by atoms with Gasteiger partial charge in [-0.15, -0.1) is 0 Å². The Bertz CT molecular complexity index is 830. The van der Waals surface area contributed by atoms with E-state index in [9.17, 15) is 9.59 Å². The molecule has 2 fully saturated rings. The Balaban J connectivity index is 1.57. The third-order valence-electron chi connectivity index (χ3n) is 5.82. The summed E-state index contributed by atoms with van der Waals surface area (Å²) in [4.78, 5) is 26.7. The van der Waals surface area contributed by atoms with Crippen LogP contribution in [0.3, 0.4) is 0 Å². The van der Waals surface area contributed by atoms with Crippen LogP contribution in [0.4, 0.5) is 0 Å². The molecule has 2 aromatic rings. The van der Waals surface area contributed by atoms with E-state index in [0.717, 1.165) is 24.9 Å². The zero-order valence-corrected chi connectivity index (χ0v) is 15.1. The monoisotopic (exact) mass is 353 g/mol. The molecule has 3 atom stereocenters. The van der Waals surface area contributed by atoms with E-state index in [4.69, 9.17) is 4.52 Å². The molecule has 1 aliphatic carbocycles. The normalized spacial score (nSPS) is 24.8. The highest BCUT2D eigenvalue weighted by Crippen LogP contribution is 2.39. The summed E-state index contributed by atoms with van der Waals surface area (Å²) in [5.74, 6) is 1.44. The summed E-state index contributed by atoms with van der Waals surface area (Å²) >= 11 is 0. The van der Waals surface area contributed by atoms with Gasteiger partial charge in [-0.1, -0.05) is 35.5 Å². The van der Waals surface area contributed by atoms with Crippen molar-refractivity contribution in [2.45, 2.75) is 32.2 Å². The summed E-state index contributed by atoms with van der Waals surface area (Å²) in [7, 11) is 1.85. The van der Waals surface area contributed by atoms with Gasteiger partial charge in [0.2, 0.25) is 5.91 Å². The van der Waals surface area contributed by atoms with Crippen molar-refractivity contribution in [2.75, 3.05) is 13.6 Å². The number of nitrogens with one attached hydrogen (secondary N) is 1. The highest BCUT2D eigenvalue weighted by atomic mass is 16.5. The number of piperidine rings is 1. The van der Waals surface area contributed by atoms with Crippen LogP contribution in [0.5, 0.6) is 0 Å². The first-order valence-corrected chi connectivity index (χ1v) is 9.10. The molecule has 0 unspecified atom stereocenters. The fourth-order valence-electron chi connectivity index (χ4n) is 4.31. The molecule has 1 aromatic heterocycles. The van der Waals surface area contributed by atoms with E-state index in [0.29, 0.717) is 35.3 Å². The van der Waals surface area contributed by atoms with Crippen molar-refractivity contribution in [2.24, 2.45) is 11.8 Å². The van der Waals surface area contributed by atoms with Gasteiger partial charge < -0.3 is 14.7 Å². The lowest BCUT2D eigenvalue weighted by Crippen LogP contribution is -2.38. The summed E-state index contributed by atoms with van der Waals surface area (Å²) in [5.41, 5.74) is 1.99. The van der Waals surface area contributed by atoms with Crippen molar-refractivity contribution in [1.82, 2.24) is 15.4 Å². The second-order valence-corrected chi connectivity index (χ2v) is 7.40. The lowest BCUT2D eigenvalue weighted by molar-refractivity contribution is -0.124. The van der Waals surface area contributed by atoms with E-state index in [2.05, 4.69) is 10.5 Å². The zero-order valence-electron chi connectivity index (χ0n) is 15.1. The van der Waals surface area contributed by atoms with Crippen LogP contribution in [0, 0.1) is 18.8 Å². The molecule has 4 rings (SSSR count). The smallest absolute Gasteiger partial charge is 0.259 e. The largest absolute Gasteiger partial charge is 0.360 e. The first-order valence-electron chi connectivity index (χ1n) is 9.10. The molecule has 1 saturated carbocycles. The molecule has 1 aromatic carbocycles. The Labute approximate surface area is 152 Å². The van der Waals surface area contributed by atoms with Crippen molar-refractivity contribution < 1.29 is 14.1 Å². The third-order valence-corrected chi connectivity index (χ3v) is 5.82. The van der Waals surface area contributed by atoms with E-state index in [1.54, 1.807) is 6.92 Å². The van der Waals surface area contributed by atoms with Crippen LogP contribution < -0.4 is 5.32 Å². The molecule has 1 saturated heterocycles. The molecule has 136 valence electrons. The molecule has 2 heterocycles. The Hall–Kier alpha value is -2.63. The van der Waals surface area contributed by atoms with Gasteiger partial charge >= 0.3 is 0 Å². The number of amides is 2. The molecule has 0 radical (unpaired) electrons. The van der Waals surface area contributed by atoms with Crippen LogP contribution in [-0.4, -0.2) is 41.5 Å². The van der Waals surface area contributed by atoms with Gasteiger partial charge in [0.15, 0.2) is 0 Å². The first kappa shape index (κ1) is 16.8. The average Bonchev–Trinajstić information content (AvgIpc) is 3.24. The van der Waals surface area contributed by atoms with Crippen LogP contribution in [0.15, 0.2) is 34.9 Å². The van der Waals surface area contributed by atoms with Gasteiger partial charge in [0.05, 0.1) is 0 Å². The first-order chi connectivity index (χ1) is 12.5. The number of hydrogen-bond donors (Lipinski definition) is 1. The maximum atomic E-state index is 13.2. The van der Waals surface area contributed by atoms with E-state index >= 15 is 0 Å². The predicted octanol–water partition coefficient (Wildman–Crippen LogP) is 2.64. The third kappa shape index (κ3) is 2.89. The van der Waals surface area contributed by atoms with Gasteiger partial charge in [0.1, 0.15) is 17.0 Å². The second-order valence-electron chi connectivity index (χ2n) is 7.40. The Morgan fingerprint density at radius 3 is 2.73 bits per heavy atom. The molecular weight excluding hydrogens is 330 g/mol. The second kappa shape index (κ2) is 6.59. The van der Waals surface area contributed by atoms with Crippen LogP contribution in [-0.2, 0) is 4.79 Å². The number of fused-ring (bicyclic) bond motifs is 1. The van der Waals surface area contributed by atoms with Gasteiger partial charge in [-0.3, -0.25) is 9.59 Å². The number of nitrogens with zero attached hydrogens (tertiary/aromatic N) is 2. The summed E-state index contributed by atoms with van der Waals surface area (Å²) in [6, 6.07) is 9.76. The molecule has 6 nitrogen and oxygen atoms in total. The Morgan fingerprint density at radius 2 is 1.96 bits per heavy atom. The highest BCUT2D eigenvalue weighted by Gasteiger charge is 2.41. The van der Waals surface area contributed by atoms with Crippen molar-refractivity contribution in [3.63, 3.8) is 0 Å². The van der Waals surface area contributed by atoms with E-state index < -0.39 is 0 Å². The number of benzene rings is 1. The van der Waals surface area contributed by atoms with Crippen molar-refractivity contribution in [3.05, 3.63) is 41.7 Å². The van der Waals surface area contributed by atoms with Gasteiger partial charge in [-0.25, -0.2) is 0 Å². The molecule has 6 heteroatoms. The van der Waals surface area contributed by atoms with Gasteiger partial charge in [0.25, 0.3) is 5.91 Å². The summed E-state index contributed by atoms with van der Waals surface area (Å²) in [6.07, 6.45) is 2.38. The topological polar surface area (TPSA) is 75.4 Å². The number of aromatic nitrogens is 1. The highest BCUT2D eigenvalue weighted by molar-refractivity contribution is 6.00. The van der Waals surface area contributed by atoms with Crippen LogP contribution >= 0.6 is 0 Å². The maximum Gasteiger partial charge on any atom is 0.259 e. The number of hydrogen-bond acceptors (Lipinski definition) is 4. The van der Waals surface area contributed by atoms with E-state index in [1.165, 1.54) is 0 Å². The molecule has 26 heavy (non-hydrogen) atoms. The summed E-state index contributed by atoms with van der Waals surface area (Å²) < 4.78 is 5.34. The van der Waals surface area contributed by atoms with Crippen molar-refractivity contribution >= 4 is 11.8 Å². The predicted molar refractivity (Wildman–Crippen MR) is 96.4 cm³/mol. The van der Waals surface area contributed by atoms with Crippen LogP contribution in [0.1, 0.15) is 35.4 Å². The number of rotatable bonds is 3. The van der Waals surface area contributed by atoms with E-state index in [-0.39, 0.29) is 17.9 Å². The molecule has 1 N–H and O–H groups in total. The zero-order chi connectivity index (χ0) is 18.3. The lowest BCUT2D eigenvalue weighted by Gasteiger charge is -2.25. The van der Waals surface area contributed by atoms with E-state index in [1.807, 2.05) is 42.3 Å². The molecule has 0 bridgehead atoms. The molecule has 1 aliphatic heterocycles. The number of aryl methyl sites for hydroxylation is 1. The minimum atomic E-state index is -0.0643. The maximum absolute atomic E-state index is 13.2. The fraction of sp³-hybridized carbons (Fsp3) is 0.450. The molecule has 2 amide bonds. The summed E-state index contributed by atoms with van der Waals surface area (Å²) in [6.45, 7) is 2.50. The minimum absolute atomic E-state index is 0.0643. The SMILES string of the molecule is Cc1onc(-c2ccccc2)c1C(=O)N(C)[C@H]1C[C@H]2CNC(=O)C[C@H]2C1. The number of carbonyl (C=O) groups is 2. The van der Waals surface area contributed by atoms with Crippen LogP contribution in [0.25, 0.3) is 11.3 Å². The number of carbonyl (C=O) groups excluding carboxylic acids is 2. The molecule has 0 spiro atoms. The van der Waals surface area contributed by atoms with Gasteiger partial charge in [-0.05, 0) is 31.6 Å². The van der Waals surface area contributed by atoms with Crippen molar-refractivity contribution in [3.8, 4) is 11.3 Å². The van der Waals surface area contributed by atoms with Gasteiger partial charge in [0, 0.05) is 31.6 Å². The minimum Gasteiger partial charge on any atom is -0.360 e. The Morgan fingerprint density at radius 1 is 1.23 bits per heavy atom. The molecule has 2 aliphatic rings. The standard InChI is InChI=1S/C20H23N3O3/c1-12-18(19(22-26-12)13-6-4-3-5-7-13)20(25)23(2)16-8-14-10-17(24)21-11-15(14)9-16/h3-7,14-16H,8-11H2,1-2H3,(H,21,24)/t14-,15+,16-/m1/s1. The quantitative estimate of drug-likeness (QED) is 0.920. The van der Waals surface area contributed by atoms with Crippen molar-refractivity contribution in [1.29, 1.82) is 0 Å². The van der Waals surface area contributed by atoms with Crippen LogP contribution in [0.2, 0.25) is 0 Å².